The van der Waals surface area contributed by atoms with Crippen molar-refractivity contribution in [1.29, 1.82) is 0 Å². The Labute approximate surface area is 116 Å². The molecule has 1 aromatic rings. The molecule has 20 heavy (non-hydrogen) atoms. The average Bonchev–Trinajstić information content (AvgIpc) is 2.41. The zero-order chi connectivity index (χ0) is 15.1. The van der Waals surface area contributed by atoms with Crippen LogP contribution in [0.25, 0.3) is 0 Å². The highest BCUT2D eigenvalue weighted by Gasteiger charge is 2.16. The summed E-state index contributed by atoms with van der Waals surface area (Å²) in [6.45, 7) is 2.32. The molecule has 110 valence electrons. The molecule has 0 heterocycles. The predicted octanol–water partition coefficient (Wildman–Crippen LogP) is 0.497. The van der Waals surface area contributed by atoms with E-state index in [0.717, 1.165) is 0 Å². The van der Waals surface area contributed by atoms with E-state index in [0.29, 0.717) is 13.2 Å². The highest BCUT2D eigenvalue weighted by Crippen LogP contribution is 2.24. The van der Waals surface area contributed by atoms with Crippen molar-refractivity contribution in [2.75, 3.05) is 26.0 Å². The number of nitrogen functional groups attached to an aromatic ring is 1. The third kappa shape index (κ3) is 4.43. The monoisotopic (exact) mass is 282 g/mol. The maximum atomic E-state index is 11.7. The molecule has 4 N–H and O–H groups in total. The number of carboxylic acids is 1. The quantitative estimate of drug-likeness (QED) is 0.496. The molecule has 0 aliphatic heterocycles. The second-order valence-electron chi connectivity index (χ2n) is 4.10. The molecular weight excluding hydrogens is 264 g/mol. The van der Waals surface area contributed by atoms with E-state index in [1.54, 1.807) is 6.92 Å². The summed E-state index contributed by atoms with van der Waals surface area (Å²) in [5.41, 5.74) is 6.00. The lowest BCUT2D eigenvalue weighted by atomic mass is 10.2. The van der Waals surface area contributed by atoms with E-state index >= 15 is 0 Å². The minimum absolute atomic E-state index is 0.0428. The number of anilines is 1. The number of aromatic carboxylic acids is 1. The van der Waals surface area contributed by atoms with Gasteiger partial charge in [0.15, 0.2) is 6.10 Å². The van der Waals surface area contributed by atoms with E-state index in [1.165, 1.54) is 25.3 Å². The molecule has 1 unspecified atom stereocenters. The number of amides is 1. The second-order valence-corrected chi connectivity index (χ2v) is 4.10. The first-order valence-corrected chi connectivity index (χ1v) is 6.01. The highest BCUT2D eigenvalue weighted by atomic mass is 16.5. The van der Waals surface area contributed by atoms with Gasteiger partial charge in [0, 0.05) is 13.7 Å². The van der Waals surface area contributed by atoms with Crippen LogP contribution in [-0.2, 0) is 9.53 Å². The molecule has 0 bridgehead atoms. The predicted molar refractivity (Wildman–Crippen MR) is 72.8 cm³/mol. The van der Waals surface area contributed by atoms with Gasteiger partial charge in [-0.05, 0) is 25.1 Å². The number of benzene rings is 1. The molecule has 0 aromatic heterocycles. The maximum absolute atomic E-state index is 11.7. The molecule has 0 aliphatic carbocycles. The van der Waals surface area contributed by atoms with Gasteiger partial charge in [-0.25, -0.2) is 4.79 Å². The summed E-state index contributed by atoms with van der Waals surface area (Å²) in [4.78, 5) is 22.6. The molecule has 1 aromatic carbocycles. The van der Waals surface area contributed by atoms with E-state index < -0.39 is 12.1 Å². The van der Waals surface area contributed by atoms with Crippen molar-refractivity contribution in [3.05, 3.63) is 23.8 Å². The van der Waals surface area contributed by atoms with Crippen molar-refractivity contribution >= 4 is 17.6 Å². The van der Waals surface area contributed by atoms with Gasteiger partial charge in [0.05, 0.1) is 17.9 Å². The molecule has 0 radical (unpaired) electrons. The summed E-state index contributed by atoms with van der Waals surface area (Å²) in [5, 5.41) is 11.5. The Balaban J connectivity index is 2.69. The van der Waals surface area contributed by atoms with Crippen LogP contribution in [0.3, 0.4) is 0 Å². The zero-order valence-corrected chi connectivity index (χ0v) is 11.4. The Kier molecular flexibility index (Phi) is 5.79. The maximum Gasteiger partial charge on any atom is 0.335 e. The van der Waals surface area contributed by atoms with Crippen LogP contribution in [0, 0.1) is 0 Å². The van der Waals surface area contributed by atoms with Crippen molar-refractivity contribution in [2.45, 2.75) is 13.0 Å². The number of methoxy groups -OCH3 is 1. The van der Waals surface area contributed by atoms with E-state index in [4.69, 9.17) is 20.3 Å². The Bertz CT molecular complexity index is 490. The largest absolute Gasteiger partial charge is 0.479 e. The van der Waals surface area contributed by atoms with E-state index in [9.17, 15) is 9.59 Å². The van der Waals surface area contributed by atoms with Crippen molar-refractivity contribution in [2.24, 2.45) is 0 Å². The molecule has 0 fully saturated rings. The Morgan fingerprint density at radius 3 is 2.75 bits per heavy atom. The van der Waals surface area contributed by atoms with Crippen LogP contribution in [0.4, 0.5) is 5.69 Å². The number of carboxylic acid groups (broad SMARTS) is 1. The lowest BCUT2D eigenvalue weighted by Crippen LogP contribution is -2.38. The summed E-state index contributed by atoms with van der Waals surface area (Å²) in [5.74, 6) is -1.26. The fourth-order valence-electron chi connectivity index (χ4n) is 1.43. The van der Waals surface area contributed by atoms with Gasteiger partial charge in [0.25, 0.3) is 5.91 Å². The van der Waals surface area contributed by atoms with E-state index in [-0.39, 0.29) is 22.9 Å². The SMILES string of the molecule is COCCNC(=O)C(C)Oc1cc(C(=O)O)ccc1N. The van der Waals surface area contributed by atoms with Gasteiger partial charge >= 0.3 is 5.97 Å². The lowest BCUT2D eigenvalue weighted by Gasteiger charge is -2.16. The van der Waals surface area contributed by atoms with Gasteiger partial charge in [-0.3, -0.25) is 4.79 Å². The number of hydrogen-bond donors (Lipinski definition) is 3. The Hall–Kier alpha value is -2.28. The Morgan fingerprint density at radius 2 is 2.15 bits per heavy atom. The first-order valence-electron chi connectivity index (χ1n) is 6.01. The number of carbonyl (C=O) groups is 2. The molecule has 1 atom stereocenters. The summed E-state index contributed by atoms with van der Waals surface area (Å²) in [7, 11) is 1.53. The molecule has 1 rings (SSSR count). The van der Waals surface area contributed by atoms with Crippen molar-refractivity contribution in [3.63, 3.8) is 0 Å². The summed E-state index contributed by atoms with van der Waals surface area (Å²) in [6.07, 6.45) is -0.793. The van der Waals surface area contributed by atoms with Crippen molar-refractivity contribution < 1.29 is 24.2 Å². The molecule has 7 heteroatoms. The summed E-state index contributed by atoms with van der Waals surface area (Å²) in [6, 6.07) is 4.08. The third-order valence-corrected chi connectivity index (χ3v) is 2.54. The lowest BCUT2D eigenvalue weighted by molar-refractivity contribution is -0.127. The molecule has 7 nitrogen and oxygen atoms in total. The van der Waals surface area contributed by atoms with Gasteiger partial charge < -0.3 is 25.6 Å². The van der Waals surface area contributed by atoms with Crippen LogP contribution in [-0.4, -0.2) is 43.3 Å². The van der Waals surface area contributed by atoms with Gasteiger partial charge in [-0.1, -0.05) is 0 Å². The average molecular weight is 282 g/mol. The smallest absolute Gasteiger partial charge is 0.335 e. The van der Waals surface area contributed by atoms with Crippen LogP contribution >= 0.6 is 0 Å². The fraction of sp³-hybridized carbons (Fsp3) is 0.385. The normalized spacial score (nSPS) is 11.7. The molecule has 0 spiro atoms. The van der Waals surface area contributed by atoms with Crippen LogP contribution < -0.4 is 15.8 Å². The third-order valence-electron chi connectivity index (χ3n) is 2.54. The second kappa shape index (κ2) is 7.34. The van der Waals surface area contributed by atoms with Crippen LogP contribution in [0.15, 0.2) is 18.2 Å². The highest BCUT2D eigenvalue weighted by molar-refractivity contribution is 5.89. The number of nitrogens with two attached hydrogens (primary N) is 1. The Morgan fingerprint density at radius 1 is 1.45 bits per heavy atom. The molecule has 0 saturated heterocycles. The minimum Gasteiger partial charge on any atom is -0.479 e. The zero-order valence-electron chi connectivity index (χ0n) is 11.4. The molecule has 0 aliphatic rings. The van der Waals surface area contributed by atoms with Crippen molar-refractivity contribution in [3.8, 4) is 5.75 Å². The van der Waals surface area contributed by atoms with Crippen molar-refractivity contribution in [1.82, 2.24) is 5.32 Å². The number of nitrogens with one attached hydrogen (secondary N) is 1. The molecule has 1 amide bonds. The van der Waals surface area contributed by atoms with Crippen LogP contribution in [0.5, 0.6) is 5.75 Å². The van der Waals surface area contributed by atoms with Gasteiger partial charge in [-0.15, -0.1) is 0 Å². The topological polar surface area (TPSA) is 111 Å². The number of ether oxygens (including phenoxy) is 2. The van der Waals surface area contributed by atoms with Gasteiger partial charge in [-0.2, -0.15) is 0 Å². The van der Waals surface area contributed by atoms with E-state index in [1.807, 2.05) is 0 Å². The van der Waals surface area contributed by atoms with Gasteiger partial charge in [0.1, 0.15) is 5.75 Å². The molecular formula is C13H18N2O5. The number of carbonyl (C=O) groups excluding carboxylic acids is 1. The van der Waals surface area contributed by atoms with E-state index in [2.05, 4.69) is 5.32 Å². The number of hydrogen-bond acceptors (Lipinski definition) is 5. The van der Waals surface area contributed by atoms with Gasteiger partial charge in [0.2, 0.25) is 0 Å². The standard InChI is InChI=1S/C13H18N2O5/c1-8(12(16)15-5-6-19-2)20-11-7-9(13(17)18)3-4-10(11)14/h3-4,7-8H,5-6,14H2,1-2H3,(H,15,16)(H,17,18). The first-order chi connectivity index (χ1) is 9.45. The molecule has 0 saturated carbocycles. The summed E-state index contributed by atoms with van der Waals surface area (Å²) < 4.78 is 10.2. The fourth-order valence-corrected chi connectivity index (χ4v) is 1.43. The summed E-state index contributed by atoms with van der Waals surface area (Å²) >= 11 is 0. The minimum atomic E-state index is -1.09. The first kappa shape index (κ1) is 15.8. The van der Waals surface area contributed by atoms with Crippen LogP contribution in [0.1, 0.15) is 17.3 Å². The van der Waals surface area contributed by atoms with Crippen LogP contribution in [0.2, 0.25) is 0 Å². The number of rotatable bonds is 7.